The monoisotopic (exact) mass is 248 g/mol. The fourth-order valence-electron chi connectivity index (χ4n) is 2.67. The van der Waals surface area contributed by atoms with E-state index in [1.54, 1.807) is 14.2 Å². The van der Waals surface area contributed by atoms with Gasteiger partial charge in [-0.15, -0.1) is 0 Å². The second-order valence-corrected chi connectivity index (χ2v) is 4.86. The van der Waals surface area contributed by atoms with Gasteiger partial charge in [0.2, 0.25) is 0 Å². The van der Waals surface area contributed by atoms with E-state index >= 15 is 0 Å². The van der Waals surface area contributed by atoms with E-state index in [1.165, 1.54) is 0 Å². The minimum Gasteiger partial charge on any atom is -0.497 e. The van der Waals surface area contributed by atoms with Crippen molar-refractivity contribution >= 4 is 5.78 Å². The molecule has 1 aromatic carbocycles. The Labute approximate surface area is 108 Å². The molecular weight excluding hydrogens is 228 g/mol. The maximum atomic E-state index is 12.4. The van der Waals surface area contributed by atoms with Crippen molar-refractivity contribution in [2.75, 3.05) is 14.2 Å². The highest BCUT2D eigenvalue weighted by Crippen LogP contribution is 2.34. The molecule has 0 aliphatic heterocycles. The summed E-state index contributed by atoms with van der Waals surface area (Å²) in [5, 5.41) is 0. The van der Waals surface area contributed by atoms with Gasteiger partial charge in [0.25, 0.3) is 0 Å². The molecule has 1 aromatic rings. The van der Waals surface area contributed by atoms with Gasteiger partial charge in [-0.05, 0) is 43.4 Å². The number of hydrogen-bond donors (Lipinski definition) is 0. The van der Waals surface area contributed by atoms with Gasteiger partial charge >= 0.3 is 0 Å². The van der Waals surface area contributed by atoms with Crippen LogP contribution in [-0.2, 0) is 16.0 Å². The molecule has 0 radical (unpaired) electrons. The first kappa shape index (κ1) is 13.1. The summed E-state index contributed by atoms with van der Waals surface area (Å²) >= 11 is 0. The molecule has 1 saturated carbocycles. The minimum atomic E-state index is -0.539. The zero-order valence-electron chi connectivity index (χ0n) is 11.1. The molecule has 98 valence electrons. The quantitative estimate of drug-likeness (QED) is 0.803. The van der Waals surface area contributed by atoms with Gasteiger partial charge in [0.1, 0.15) is 11.4 Å². The number of rotatable bonds is 5. The van der Waals surface area contributed by atoms with E-state index in [4.69, 9.17) is 9.47 Å². The smallest absolute Gasteiger partial charge is 0.168 e. The van der Waals surface area contributed by atoms with Crippen LogP contribution < -0.4 is 4.74 Å². The molecule has 0 bridgehead atoms. The predicted molar refractivity (Wildman–Crippen MR) is 69.9 cm³/mol. The van der Waals surface area contributed by atoms with Crippen molar-refractivity contribution in [3.63, 3.8) is 0 Å². The summed E-state index contributed by atoms with van der Waals surface area (Å²) in [4.78, 5) is 12.4. The highest BCUT2D eigenvalue weighted by atomic mass is 16.5. The Morgan fingerprint density at radius 2 is 2.00 bits per heavy atom. The Bertz CT molecular complexity index is 420. The van der Waals surface area contributed by atoms with Crippen molar-refractivity contribution in [3.8, 4) is 5.75 Å². The van der Waals surface area contributed by atoms with Gasteiger partial charge in [0.05, 0.1) is 7.11 Å². The second kappa shape index (κ2) is 5.53. The molecule has 0 amide bonds. The number of benzene rings is 1. The molecule has 3 nitrogen and oxygen atoms in total. The van der Waals surface area contributed by atoms with Gasteiger partial charge in [0.15, 0.2) is 5.78 Å². The molecule has 0 atom stereocenters. The summed E-state index contributed by atoms with van der Waals surface area (Å²) in [6, 6.07) is 7.67. The Morgan fingerprint density at radius 1 is 1.28 bits per heavy atom. The summed E-state index contributed by atoms with van der Waals surface area (Å²) in [5.74, 6) is 0.981. The van der Waals surface area contributed by atoms with E-state index < -0.39 is 5.60 Å². The third kappa shape index (κ3) is 2.56. The van der Waals surface area contributed by atoms with Crippen LogP contribution in [0.3, 0.4) is 0 Å². The lowest BCUT2D eigenvalue weighted by atomic mass is 9.91. The van der Waals surface area contributed by atoms with Crippen LogP contribution in [0, 0.1) is 0 Å². The van der Waals surface area contributed by atoms with Crippen LogP contribution >= 0.6 is 0 Å². The summed E-state index contributed by atoms with van der Waals surface area (Å²) in [7, 11) is 3.28. The van der Waals surface area contributed by atoms with Crippen LogP contribution in [0.5, 0.6) is 5.75 Å². The van der Waals surface area contributed by atoms with E-state index in [0.717, 1.165) is 37.0 Å². The van der Waals surface area contributed by atoms with Gasteiger partial charge in [-0.3, -0.25) is 4.79 Å². The minimum absolute atomic E-state index is 0.191. The highest BCUT2D eigenvalue weighted by Gasteiger charge is 2.40. The lowest BCUT2D eigenvalue weighted by molar-refractivity contribution is -0.139. The topological polar surface area (TPSA) is 35.5 Å². The van der Waals surface area contributed by atoms with E-state index in [0.29, 0.717) is 6.42 Å². The summed E-state index contributed by atoms with van der Waals surface area (Å²) < 4.78 is 10.7. The second-order valence-electron chi connectivity index (χ2n) is 4.86. The highest BCUT2D eigenvalue weighted by molar-refractivity contribution is 5.89. The van der Waals surface area contributed by atoms with Gasteiger partial charge in [-0.1, -0.05) is 12.1 Å². The van der Waals surface area contributed by atoms with E-state index in [-0.39, 0.29) is 5.78 Å². The van der Waals surface area contributed by atoms with Crippen LogP contribution in [0.15, 0.2) is 24.3 Å². The molecular formula is C15H20O3. The molecule has 1 fully saturated rings. The molecule has 0 N–H and O–H groups in total. The maximum absolute atomic E-state index is 12.4. The first-order valence-electron chi connectivity index (χ1n) is 6.41. The normalized spacial score (nSPS) is 17.7. The number of carbonyl (C=O) groups is 1. The number of carbonyl (C=O) groups excluding carboxylic acids is 1. The molecule has 0 aromatic heterocycles. The zero-order chi connectivity index (χ0) is 13.0. The Kier molecular flexibility index (Phi) is 4.02. The Morgan fingerprint density at radius 3 is 2.61 bits per heavy atom. The summed E-state index contributed by atoms with van der Waals surface area (Å²) in [5.41, 5.74) is 0.450. The average Bonchev–Trinajstić information content (AvgIpc) is 2.89. The van der Waals surface area contributed by atoms with Gasteiger partial charge in [-0.25, -0.2) is 0 Å². The molecule has 0 unspecified atom stereocenters. The van der Waals surface area contributed by atoms with E-state index in [2.05, 4.69) is 0 Å². The van der Waals surface area contributed by atoms with Crippen LogP contribution in [-0.4, -0.2) is 25.6 Å². The number of ether oxygens (including phenoxy) is 2. The first-order valence-corrected chi connectivity index (χ1v) is 6.41. The van der Waals surface area contributed by atoms with Gasteiger partial charge < -0.3 is 9.47 Å². The van der Waals surface area contributed by atoms with Crippen molar-refractivity contribution in [1.29, 1.82) is 0 Å². The van der Waals surface area contributed by atoms with Crippen LogP contribution in [0.25, 0.3) is 0 Å². The number of Topliss-reactive ketones (excluding diaryl/α,β-unsaturated/α-hetero) is 1. The third-order valence-electron chi connectivity index (χ3n) is 3.81. The fraction of sp³-hybridized carbons (Fsp3) is 0.533. The first-order chi connectivity index (χ1) is 8.70. The van der Waals surface area contributed by atoms with Crippen LogP contribution in [0.1, 0.15) is 31.2 Å². The SMILES string of the molecule is COc1cccc(CC(=O)C2(OC)CCCC2)c1. The molecule has 0 saturated heterocycles. The van der Waals surface area contributed by atoms with Crippen molar-refractivity contribution in [1.82, 2.24) is 0 Å². The largest absolute Gasteiger partial charge is 0.497 e. The maximum Gasteiger partial charge on any atom is 0.168 e. The van der Waals surface area contributed by atoms with Gasteiger partial charge in [-0.2, -0.15) is 0 Å². The third-order valence-corrected chi connectivity index (χ3v) is 3.81. The lowest BCUT2D eigenvalue weighted by Crippen LogP contribution is -2.38. The molecule has 3 heteroatoms. The Balaban J connectivity index is 2.10. The Hall–Kier alpha value is -1.35. The predicted octanol–water partition coefficient (Wildman–Crippen LogP) is 2.77. The molecule has 1 aliphatic rings. The molecule has 0 spiro atoms. The van der Waals surface area contributed by atoms with E-state index in [9.17, 15) is 4.79 Å². The number of methoxy groups -OCH3 is 2. The van der Waals surface area contributed by atoms with Crippen molar-refractivity contribution in [2.24, 2.45) is 0 Å². The molecule has 18 heavy (non-hydrogen) atoms. The zero-order valence-corrected chi connectivity index (χ0v) is 11.1. The van der Waals surface area contributed by atoms with Crippen LogP contribution in [0.4, 0.5) is 0 Å². The molecule has 1 aliphatic carbocycles. The lowest BCUT2D eigenvalue weighted by Gasteiger charge is -2.25. The van der Waals surface area contributed by atoms with Crippen molar-refractivity contribution < 1.29 is 14.3 Å². The van der Waals surface area contributed by atoms with Crippen molar-refractivity contribution in [3.05, 3.63) is 29.8 Å². The molecule has 0 heterocycles. The average molecular weight is 248 g/mol. The van der Waals surface area contributed by atoms with E-state index in [1.807, 2.05) is 24.3 Å². The number of hydrogen-bond acceptors (Lipinski definition) is 3. The fourth-order valence-corrected chi connectivity index (χ4v) is 2.67. The van der Waals surface area contributed by atoms with Crippen molar-refractivity contribution in [2.45, 2.75) is 37.7 Å². The number of ketones is 1. The van der Waals surface area contributed by atoms with Gasteiger partial charge in [0, 0.05) is 13.5 Å². The molecule has 2 rings (SSSR count). The summed E-state index contributed by atoms with van der Waals surface area (Å²) in [6.45, 7) is 0. The summed E-state index contributed by atoms with van der Waals surface area (Å²) in [6.07, 6.45) is 4.29. The standard InChI is InChI=1S/C15H20O3/c1-17-13-7-5-6-12(10-13)11-14(16)15(18-2)8-3-4-9-15/h5-7,10H,3-4,8-9,11H2,1-2H3. The van der Waals surface area contributed by atoms with Crippen LogP contribution in [0.2, 0.25) is 0 Å².